The fourth-order valence-electron chi connectivity index (χ4n) is 3.42. The monoisotopic (exact) mass is 398 g/mol. The maximum absolute atomic E-state index is 14.6. The molecule has 150 valence electrons. The van der Waals surface area contributed by atoms with E-state index in [9.17, 15) is 13.6 Å². The number of nitrogens with one attached hydrogen (secondary N) is 2. The van der Waals surface area contributed by atoms with Crippen LogP contribution in [-0.2, 0) is 0 Å². The van der Waals surface area contributed by atoms with Crippen LogP contribution in [0.15, 0.2) is 42.5 Å². The summed E-state index contributed by atoms with van der Waals surface area (Å²) in [7, 11) is 1.52. The highest BCUT2D eigenvalue weighted by Gasteiger charge is 2.22. The van der Waals surface area contributed by atoms with Gasteiger partial charge in [0.15, 0.2) is 0 Å². The lowest BCUT2D eigenvalue weighted by Crippen LogP contribution is -2.43. The van der Waals surface area contributed by atoms with Crippen LogP contribution >= 0.6 is 0 Å². The minimum Gasteiger partial charge on any atom is -0.494 e. The van der Waals surface area contributed by atoms with Crippen LogP contribution in [0.5, 0.6) is 5.75 Å². The molecule has 0 aliphatic carbocycles. The maximum Gasteiger partial charge on any atom is 0.262 e. The van der Waals surface area contributed by atoms with Crippen LogP contribution in [0.25, 0.3) is 10.9 Å². The predicted molar refractivity (Wildman–Crippen MR) is 108 cm³/mol. The summed E-state index contributed by atoms with van der Waals surface area (Å²) < 4.78 is 34.5. The summed E-state index contributed by atoms with van der Waals surface area (Å²) in [5.74, 6) is -1.99. The molecular formula is C21H20F2N4O2. The summed E-state index contributed by atoms with van der Waals surface area (Å²) in [5, 5.41) is 6.47. The number of rotatable bonds is 4. The molecule has 1 fully saturated rings. The quantitative estimate of drug-likeness (QED) is 0.707. The number of piperazine rings is 1. The van der Waals surface area contributed by atoms with Gasteiger partial charge in [-0.3, -0.25) is 4.79 Å². The number of carbonyl (C=O) groups is 1. The summed E-state index contributed by atoms with van der Waals surface area (Å²) in [5.41, 5.74) is 0.334. The first-order valence-electron chi connectivity index (χ1n) is 9.26. The Kier molecular flexibility index (Phi) is 5.26. The molecule has 29 heavy (non-hydrogen) atoms. The Morgan fingerprint density at radius 1 is 1.14 bits per heavy atom. The number of pyridine rings is 1. The molecule has 0 unspecified atom stereocenters. The maximum atomic E-state index is 14.6. The van der Waals surface area contributed by atoms with Crippen LogP contribution in [-0.4, -0.2) is 44.2 Å². The third-order valence-electron chi connectivity index (χ3n) is 4.88. The van der Waals surface area contributed by atoms with E-state index in [1.165, 1.54) is 19.2 Å². The zero-order valence-electron chi connectivity index (χ0n) is 15.8. The number of nitrogens with zero attached hydrogens (tertiary/aromatic N) is 2. The smallest absolute Gasteiger partial charge is 0.262 e. The van der Waals surface area contributed by atoms with Gasteiger partial charge in [0.05, 0.1) is 7.11 Å². The Labute approximate surface area is 166 Å². The second kappa shape index (κ2) is 8.00. The molecule has 2 aromatic carbocycles. The number of amides is 1. The average molecular weight is 398 g/mol. The number of benzene rings is 2. The summed E-state index contributed by atoms with van der Waals surface area (Å²) in [6.07, 6.45) is 0. The molecule has 4 rings (SSSR count). The molecule has 2 N–H and O–H groups in total. The van der Waals surface area contributed by atoms with Crippen molar-refractivity contribution in [3.8, 4) is 5.75 Å². The third-order valence-corrected chi connectivity index (χ3v) is 4.88. The number of hydrogen-bond acceptors (Lipinski definition) is 5. The Balaban J connectivity index is 1.60. The van der Waals surface area contributed by atoms with Crippen LogP contribution < -0.4 is 20.3 Å². The number of aromatic nitrogens is 1. The van der Waals surface area contributed by atoms with Crippen LogP contribution in [0.2, 0.25) is 0 Å². The molecule has 8 heteroatoms. The van der Waals surface area contributed by atoms with Gasteiger partial charge >= 0.3 is 0 Å². The molecule has 1 saturated heterocycles. The van der Waals surface area contributed by atoms with Crippen molar-refractivity contribution in [3.63, 3.8) is 0 Å². The van der Waals surface area contributed by atoms with Gasteiger partial charge in [-0.15, -0.1) is 0 Å². The minimum atomic E-state index is -0.908. The van der Waals surface area contributed by atoms with Gasteiger partial charge in [0.2, 0.25) is 0 Å². The highest BCUT2D eigenvalue weighted by Crippen LogP contribution is 2.26. The molecular weight excluding hydrogens is 378 g/mol. The van der Waals surface area contributed by atoms with Gasteiger partial charge in [-0.1, -0.05) is 12.1 Å². The number of hydrogen-bond donors (Lipinski definition) is 2. The number of anilines is 2. The average Bonchev–Trinajstić information content (AvgIpc) is 2.73. The number of ether oxygens (including phenoxy) is 1. The normalized spacial score (nSPS) is 14.1. The van der Waals surface area contributed by atoms with Gasteiger partial charge in [0.25, 0.3) is 5.91 Å². The van der Waals surface area contributed by atoms with Crippen LogP contribution in [0.4, 0.5) is 20.3 Å². The lowest BCUT2D eigenvalue weighted by molar-refractivity contribution is 0.101. The molecule has 0 atom stereocenters. The fourth-order valence-corrected chi connectivity index (χ4v) is 3.42. The SMILES string of the molecule is COc1cccc2ccc(NC(=O)c3c(F)cc(N4CCNCC4)cc3F)nc12. The van der Waals surface area contributed by atoms with Crippen molar-refractivity contribution in [2.24, 2.45) is 0 Å². The van der Waals surface area contributed by atoms with Crippen molar-refractivity contribution in [2.75, 3.05) is 43.5 Å². The van der Waals surface area contributed by atoms with E-state index in [4.69, 9.17) is 4.74 Å². The van der Waals surface area contributed by atoms with E-state index in [-0.39, 0.29) is 5.82 Å². The molecule has 0 spiro atoms. The van der Waals surface area contributed by atoms with Crippen molar-refractivity contribution in [1.82, 2.24) is 10.3 Å². The fraction of sp³-hybridized carbons (Fsp3) is 0.238. The molecule has 1 aliphatic heterocycles. The second-order valence-electron chi connectivity index (χ2n) is 6.70. The van der Waals surface area contributed by atoms with Gasteiger partial charge in [-0.2, -0.15) is 0 Å². The summed E-state index contributed by atoms with van der Waals surface area (Å²) >= 11 is 0. The Morgan fingerprint density at radius 2 is 1.86 bits per heavy atom. The first-order valence-corrected chi connectivity index (χ1v) is 9.26. The molecule has 6 nitrogen and oxygen atoms in total. The number of halogens is 2. The molecule has 0 saturated carbocycles. The molecule has 0 radical (unpaired) electrons. The van der Waals surface area contributed by atoms with Gasteiger partial charge in [0.1, 0.15) is 34.3 Å². The van der Waals surface area contributed by atoms with Gasteiger partial charge < -0.3 is 20.3 Å². The lowest BCUT2D eigenvalue weighted by atomic mass is 10.1. The van der Waals surface area contributed by atoms with Gasteiger partial charge in [-0.25, -0.2) is 13.8 Å². The second-order valence-corrected chi connectivity index (χ2v) is 6.70. The Hall–Kier alpha value is -3.26. The van der Waals surface area contributed by atoms with Crippen molar-refractivity contribution < 1.29 is 18.3 Å². The highest BCUT2D eigenvalue weighted by molar-refractivity contribution is 6.05. The van der Waals surface area contributed by atoms with E-state index in [1.807, 2.05) is 17.0 Å². The first-order chi connectivity index (χ1) is 14.1. The molecule has 1 amide bonds. The zero-order valence-corrected chi connectivity index (χ0v) is 15.8. The first kappa shape index (κ1) is 19.1. The van der Waals surface area contributed by atoms with Crippen molar-refractivity contribution >= 4 is 28.3 Å². The van der Waals surface area contributed by atoms with Crippen molar-refractivity contribution in [3.05, 3.63) is 59.7 Å². The van der Waals surface area contributed by atoms with Crippen LogP contribution in [0, 0.1) is 11.6 Å². The molecule has 2 heterocycles. The van der Waals surface area contributed by atoms with E-state index in [1.54, 1.807) is 18.2 Å². The molecule has 1 aliphatic rings. The Bertz CT molecular complexity index is 1040. The zero-order chi connectivity index (χ0) is 20.4. The standard InChI is InChI=1S/C21H20F2N4O2/c1-29-17-4-2-3-13-5-6-18(25-20(13)17)26-21(28)19-15(22)11-14(12-16(19)23)27-9-7-24-8-10-27/h2-6,11-12,24H,7-10H2,1H3,(H,25,26,28). The summed E-state index contributed by atoms with van der Waals surface area (Å²) in [6.45, 7) is 2.77. The van der Waals surface area contributed by atoms with E-state index in [0.717, 1.165) is 18.5 Å². The molecule has 0 bridgehead atoms. The Morgan fingerprint density at radius 3 is 2.55 bits per heavy atom. The summed E-state index contributed by atoms with van der Waals surface area (Å²) in [6, 6.07) is 11.1. The topological polar surface area (TPSA) is 66.5 Å². The highest BCUT2D eigenvalue weighted by atomic mass is 19.1. The largest absolute Gasteiger partial charge is 0.494 e. The van der Waals surface area contributed by atoms with E-state index < -0.39 is 23.1 Å². The minimum absolute atomic E-state index is 0.178. The van der Waals surface area contributed by atoms with Crippen LogP contribution in [0.3, 0.4) is 0 Å². The van der Waals surface area contributed by atoms with Gasteiger partial charge in [0, 0.05) is 37.3 Å². The van der Waals surface area contributed by atoms with Crippen molar-refractivity contribution in [1.29, 1.82) is 0 Å². The number of para-hydroxylation sites is 1. The molecule has 3 aromatic rings. The van der Waals surface area contributed by atoms with E-state index >= 15 is 0 Å². The van der Waals surface area contributed by atoms with Crippen LogP contribution in [0.1, 0.15) is 10.4 Å². The lowest BCUT2D eigenvalue weighted by Gasteiger charge is -2.29. The summed E-state index contributed by atoms with van der Waals surface area (Å²) in [4.78, 5) is 18.8. The predicted octanol–water partition coefficient (Wildman–Crippen LogP) is 3.18. The van der Waals surface area contributed by atoms with E-state index in [0.29, 0.717) is 30.0 Å². The third kappa shape index (κ3) is 3.84. The number of fused-ring (bicyclic) bond motifs is 1. The number of carbonyl (C=O) groups excluding carboxylic acids is 1. The number of methoxy groups -OCH3 is 1. The molecule has 1 aromatic heterocycles. The van der Waals surface area contributed by atoms with Gasteiger partial charge in [-0.05, 0) is 30.3 Å². The van der Waals surface area contributed by atoms with Crippen molar-refractivity contribution in [2.45, 2.75) is 0 Å². The van der Waals surface area contributed by atoms with E-state index in [2.05, 4.69) is 15.6 Å².